The Labute approximate surface area is 128 Å². The van der Waals surface area contributed by atoms with Crippen LogP contribution in [0.5, 0.6) is 0 Å². The summed E-state index contributed by atoms with van der Waals surface area (Å²) in [5.74, 6) is 5.19. The lowest BCUT2D eigenvalue weighted by Gasteiger charge is -2.37. The fourth-order valence-corrected chi connectivity index (χ4v) is 3.67. The van der Waals surface area contributed by atoms with Crippen molar-refractivity contribution in [1.29, 1.82) is 0 Å². The summed E-state index contributed by atoms with van der Waals surface area (Å²) in [5, 5.41) is 9.74. The minimum absolute atomic E-state index is 0.262. The normalized spacial score (nSPS) is 16.1. The van der Waals surface area contributed by atoms with Crippen LogP contribution in [0.25, 0.3) is 11.0 Å². The van der Waals surface area contributed by atoms with E-state index in [0.717, 1.165) is 37.7 Å². The molecule has 2 aromatic rings. The molecule has 0 amide bonds. The van der Waals surface area contributed by atoms with Gasteiger partial charge in [0.1, 0.15) is 17.8 Å². The number of aliphatic hydroxyl groups excluding tert-OH is 1. The van der Waals surface area contributed by atoms with Crippen molar-refractivity contribution in [2.24, 2.45) is 0 Å². The van der Waals surface area contributed by atoms with Crippen molar-refractivity contribution in [2.45, 2.75) is 25.7 Å². The number of benzene rings is 1. The van der Waals surface area contributed by atoms with Crippen molar-refractivity contribution in [3.8, 4) is 11.8 Å². The minimum Gasteiger partial charge on any atom is -0.421 e. The largest absolute Gasteiger partial charge is 0.421 e. The van der Waals surface area contributed by atoms with E-state index >= 15 is 0 Å². The number of aliphatic hydroxyl groups is 1. The molecule has 0 saturated heterocycles. The Kier molecular flexibility index (Phi) is 3.16. The van der Waals surface area contributed by atoms with E-state index in [-0.39, 0.29) is 6.61 Å². The standard InChI is InChI=1S/C18H17NO3/c20-9-3-5-13-11-14-10-12-4-1-7-19-8-2-6-15(16(12)19)17(14)22-18(13)21/h10-11,20H,1-2,4,6-9H2. The first-order valence-corrected chi connectivity index (χ1v) is 7.75. The summed E-state index contributed by atoms with van der Waals surface area (Å²) in [6.45, 7) is 1.92. The zero-order chi connectivity index (χ0) is 15.1. The SMILES string of the molecule is O=c1oc2c3c4c(cc2cc1C#CCO)CCCN4CCC3. The van der Waals surface area contributed by atoms with Gasteiger partial charge in [0, 0.05) is 29.7 Å². The van der Waals surface area contributed by atoms with Crippen molar-refractivity contribution in [3.63, 3.8) is 0 Å². The van der Waals surface area contributed by atoms with Crippen LogP contribution in [0.4, 0.5) is 5.69 Å². The van der Waals surface area contributed by atoms with Gasteiger partial charge in [-0.3, -0.25) is 0 Å². The molecule has 0 aliphatic carbocycles. The van der Waals surface area contributed by atoms with Gasteiger partial charge in [-0.25, -0.2) is 4.79 Å². The van der Waals surface area contributed by atoms with E-state index in [4.69, 9.17) is 9.52 Å². The molecule has 1 N–H and O–H groups in total. The van der Waals surface area contributed by atoms with Gasteiger partial charge in [0.15, 0.2) is 0 Å². The van der Waals surface area contributed by atoms with Gasteiger partial charge in [0.2, 0.25) is 0 Å². The van der Waals surface area contributed by atoms with Crippen LogP contribution in [0.2, 0.25) is 0 Å². The Morgan fingerprint density at radius 1 is 1.23 bits per heavy atom. The van der Waals surface area contributed by atoms with Crippen molar-refractivity contribution in [1.82, 2.24) is 0 Å². The average Bonchev–Trinajstić information content (AvgIpc) is 2.54. The van der Waals surface area contributed by atoms with Crippen LogP contribution in [0.15, 0.2) is 21.3 Å². The summed E-state index contributed by atoms with van der Waals surface area (Å²) in [6.07, 6.45) is 4.31. The van der Waals surface area contributed by atoms with Crippen molar-refractivity contribution < 1.29 is 9.52 Å². The summed E-state index contributed by atoms with van der Waals surface area (Å²) in [6, 6.07) is 3.94. The predicted molar refractivity (Wildman–Crippen MR) is 85.3 cm³/mol. The summed E-state index contributed by atoms with van der Waals surface area (Å²) in [7, 11) is 0. The van der Waals surface area contributed by atoms with Gasteiger partial charge >= 0.3 is 5.63 Å². The summed E-state index contributed by atoms with van der Waals surface area (Å²) in [5.41, 5.74) is 4.43. The Hall–Kier alpha value is -2.25. The maximum Gasteiger partial charge on any atom is 0.352 e. The number of anilines is 1. The molecule has 2 aliphatic heterocycles. The average molecular weight is 295 g/mol. The van der Waals surface area contributed by atoms with Gasteiger partial charge in [0.05, 0.1) is 0 Å². The molecule has 0 radical (unpaired) electrons. The molecule has 0 spiro atoms. The highest BCUT2D eigenvalue weighted by molar-refractivity contribution is 5.89. The Morgan fingerprint density at radius 2 is 2.05 bits per heavy atom. The molecule has 4 nitrogen and oxygen atoms in total. The Morgan fingerprint density at radius 3 is 2.86 bits per heavy atom. The van der Waals surface area contributed by atoms with E-state index in [1.165, 1.54) is 23.2 Å². The van der Waals surface area contributed by atoms with Crippen molar-refractivity contribution in [3.05, 3.63) is 39.2 Å². The van der Waals surface area contributed by atoms with E-state index in [0.29, 0.717) is 11.1 Å². The minimum atomic E-state index is -0.419. The number of rotatable bonds is 0. The van der Waals surface area contributed by atoms with E-state index in [1.807, 2.05) is 0 Å². The molecule has 2 aliphatic rings. The van der Waals surface area contributed by atoms with Crippen molar-refractivity contribution >= 4 is 16.7 Å². The van der Waals surface area contributed by atoms with Crippen LogP contribution < -0.4 is 10.5 Å². The molecular weight excluding hydrogens is 278 g/mol. The fraction of sp³-hybridized carbons (Fsp3) is 0.389. The second-order valence-electron chi connectivity index (χ2n) is 5.88. The molecule has 0 bridgehead atoms. The zero-order valence-corrected chi connectivity index (χ0v) is 12.3. The Bertz CT molecular complexity index is 868. The maximum absolute atomic E-state index is 12.1. The predicted octanol–water partition coefficient (Wildman–Crippen LogP) is 1.84. The summed E-state index contributed by atoms with van der Waals surface area (Å²) >= 11 is 0. The van der Waals surface area contributed by atoms with Crippen LogP contribution >= 0.6 is 0 Å². The molecular formula is C18H17NO3. The second-order valence-corrected chi connectivity index (χ2v) is 5.88. The monoisotopic (exact) mass is 295 g/mol. The number of aryl methyl sites for hydroxylation is 2. The highest BCUT2D eigenvalue weighted by Gasteiger charge is 2.26. The van der Waals surface area contributed by atoms with Crippen LogP contribution in [-0.4, -0.2) is 24.8 Å². The topological polar surface area (TPSA) is 53.7 Å². The molecule has 22 heavy (non-hydrogen) atoms. The van der Waals surface area contributed by atoms with E-state index in [9.17, 15) is 4.79 Å². The molecule has 3 heterocycles. The highest BCUT2D eigenvalue weighted by atomic mass is 16.4. The van der Waals surface area contributed by atoms with Gasteiger partial charge in [-0.2, -0.15) is 0 Å². The lowest BCUT2D eigenvalue weighted by molar-refractivity contribution is 0.350. The third-order valence-corrected chi connectivity index (χ3v) is 4.52. The van der Waals surface area contributed by atoms with Crippen molar-refractivity contribution in [2.75, 3.05) is 24.6 Å². The molecule has 0 atom stereocenters. The molecule has 0 saturated carbocycles. The highest BCUT2D eigenvalue weighted by Crippen LogP contribution is 2.39. The summed E-state index contributed by atoms with van der Waals surface area (Å²) in [4.78, 5) is 14.5. The van der Waals surface area contributed by atoms with Gasteiger partial charge in [-0.15, -0.1) is 0 Å². The van der Waals surface area contributed by atoms with Gasteiger partial charge < -0.3 is 14.4 Å². The van der Waals surface area contributed by atoms with Crippen LogP contribution in [0.1, 0.15) is 29.5 Å². The smallest absolute Gasteiger partial charge is 0.352 e. The lowest BCUT2D eigenvalue weighted by atomic mass is 9.90. The van der Waals surface area contributed by atoms with Crippen LogP contribution in [0.3, 0.4) is 0 Å². The number of fused-ring (bicyclic) bond motifs is 2. The first-order valence-electron chi connectivity index (χ1n) is 7.75. The maximum atomic E-state index is 12.1. The van der Waals surface area contributed by atoms with Gasteiger partial charge in [0.25, 0.3) is 0 Å². The summed E-state index contributed by atoms with van der Waals surface area (Å²) < 4.78 is 5.59. The number of nitrogens with zero attached hydrogens (tertiary/aromatic N) is 1. The number of hydrogen-bond donors (Lipinski definition) is 1. The Balaban J connectivity index is 2.00. The van der Waals surface area contributed by atoms with E-state index in [2.05, 4.69) is 22.8 Å². The third-order valence-electron chi connectivity index (χ3n) is 4.52. The molecule has 4 rings (SSSR count). The van der Waals surface area contributed by atoms with E-state index in [1.54, 1.807) is 6.07 Å². The first-order chi connectivity index (χ1) is 10.8. The first kappa shape index (κ1) is 13.4. The van der Waals surface area contributed by atoms with Crippen LogP contribution in [0, 0.1) is 11.8 Å². The molecule has 112 valence electrons. The van der Waals surface area contributed by atoms with Gasteiger partial charge in [-0.1, -0.05) is 11.8 Å². The molecule has 0 fully saturated rings. The quantitative estimate of drug-likeness (QED) is 0.595. The lowest BCUT2D eigenvalue weighted by Crippen LogP contribution is -2.34. The van der Waals surface area contributed by atoms with Gasteiger partial charge in [-0.05, 0) is 43.4 Å². The fourth-order valence-electron chi connectivity index (χ4n) is 3.67. The van der Waals surface area contributed by atoms with Crippen LogP contribution in [-0.2, 0) is 12.8 Å². The second kappa shape index (κ2) is 5.19. The third kappa shape index (κ3) is 2.01. The molecule has 0 unspecified atom stereocenters. The molecule has 1 aromatic carbocycles. The molecule has 1 aromatic heterocycles. The number of hydrogen-bond acceptors (Lipinski definition) is 4. The van der Waals surface area contributed by atoms with E-state index < -0.39 is 5.63 Å². The molecule has 4 heteroatoms. The zero-order valence-electron chi connectivity index (χ0n) is 12.3.